The van der Waals surface area contributed by atoms with Gasteiger partial charge in [0.1, 0.15) is 0 Å². The van der Waals surface area contributed by atoms with Gasteiger partial charge in [0.15, 0.2) is 0 Å². The van der Waals surface area contributed by atoms with Gasteiger partial charge in [0.05, 0.1) is 0 Å². The molecule has 0 aromatic rings. The number of hydrogen-bond acceptors (Lipinski definition) is 0. The first kappa shape index (κ1) is 18.0. The van der Waals surface area contributed by atoms with Crippen molar-refractivity contribution in [3.63, 3.8) is 0 Å². The van der Waals surface area contributed by atoms with E-state index in [1.54, 1.807) is 0 Å². The monoisotopic (exact) mass is 254 g/mol. The smallest absolute Gasteiger partial charge is 0.0355 e. The molecule has 0 heterocycles. The predicted molar refractivity (Wildman–Crippen MR) is 84.9 cm³/mol. The molecule has 0 fully saturated rings. The maximum absolute atomic E-state index is 2.51. The Bertz CT molecular complexity index is 180. The Kier molecular flexibility index (Phi) is 9.87. The first-order valence-corrected chi connectivity index (χ1v) is 8.51. The lowest BCUT2D eigenvalue weighted by Gasteiger charge is -2.36. The zero-order chi connectivity index (χ0) is 14.1. The van der Waals surface area contributed by atoms with Crippen molar-refractivity contribution in [2.24, 2.45) is 29.6 Å². The summed E-state index contributed by atoms with van der Waals surface area (Å²) in [5, 5.41) is 0. The molecule has 110 valence electrons. The summed E-state index contributed by atoms with van der Waals surface area (Å²) in [6, 6.07) is 0. The van der Waals surface area contributed by atoms with Crippen LogP contribution in [0.2, 0.25) is 0 Å². The van der Waals surface area contributed by atoms with Crippen LogP contribution in [0, 0.1) is 29.6 Å². The van der Waals surface area contributed by atoms with E-state index in [1.807, 2.05) is 0 Å². The van der Waals surface area contributed by atoms with E-state index in [2.05, 4.69) is 48.5 Å². The van der Waals surface area contributed by atoms with Crippen molar-refractivity contribution in [1.82, 2.24) is 0 Å². The summed E-state index contributed by atoms with van der Waals surface area (Å²) in [6.07, 6.45) is 8.26. The van der Waals surface area contributed by atoms with Crippen LogP contribution >= 0.6 is 0 Å². The van der Waals surface area contributed by atoms with Gasteiger partial charge in [-0.15, -0.1) is 0 Å². The van der Waals surface area contributed by atoms with Crippen LogP contribution in [0.15, 0.2) is 0 Å². The van der Waals surface area contributed by atoms with Crippen LogP contribution in [0.3, 0.4) is 0 Å². The molecule has 0 saturated carbocycles. The molecule has 0 aliphatic heterocycles. The third-order valence-corrected chi connectivity index (χ3v) is 5.33. The fourth-order valence-corrected chi connectivity index (χ4v) is 3.60. The highest BCUT2D eigenvalue weighted by Gasteiger charge is 2.28. The van der Waals surface area contributed by atoms with Crippen LogP contribution in [0.1, 0.15) is 87.0 Å². The lowest BCUT2D eigenvalue weighted by Crippen LogP contribution is -2.27. The Morgan fingerprint density at radius 1 is 0.778 bits per heavy atom. The molecule has 0 aliphatic rings. The molecule has 18 heavy (non-hydrogen) atoms. The van der Waals surface area contributed by atoms with E-state index in [0.717, 1.165) is 29.6 Å². The summed E-state index contributed by atoms with van der Waals surface area (Å²) in [5.41, 5.74) is 0. The zero-order valence-corrected chi connectivity index (χ0v) is 14.1. The third kappa shape index (κ3) is 5.76. The van der Waals surface area contributed by atoms with Gasteiger partial charge in [0.2, 0.25) is 0 Å². The van der Waals surface area contributed by atoms with Crippen molar-refractivity contribution in [3.8, 4) is 0 Å². The molecule has 0 saturated heterocycles. The summed E-state index contributed by atoms with van der Waals surface area (Å²) >= 11 is 0. The minimum atomic E-state index is 0.879. The van der Waals surface area contributed by atoms with Gasteiger partial charge in [-0.3, -0.25) is 0 Å². The van der Waals surface area contributed by atoms with Crippen molar-refractivity contribution in [2.75, 3.05) is 0 Å². The summed E-state index contributed by atoms with van der Waals surface area (Å²) in [7, 11) is 0. The normalized spacial score (nSPS) is 18.7. The molecule has 0 amide bonds. The maximum Gasteiger partial charge on any atom is -0.0355 e. The summed E-state index contributed by atoms with van der Waals surface area (Å²) in [5.74, 6) is 4.56. The fraction of sp³-hybridized carbons (Fsp3) is 1.00. The van der Waals surface area contributed by atoms with E-state index < -0.39 is 0 Å². The lowest BCUT2D eigenvalue weighted by molar-refractivity contribution is 0.140. The largest absolute Gasteiger partial charge is 0.0654 e. The second kappa shape index (κ2) is 9.87. The molecular weight excluding hydrogens is 216 g/mol. The summed E-state index contributed by atoms with van der Waals surface area (Å²) < 4.78 is 0. The van der Waals surface area contributed by atoms with Crippen LogP contribution in [0.25, 0.3) is 0 Å². The van der Waals surface area contributed by atoms with Crippen molar-refractivity contribution in [3.05, 3.63) is 0 Å². The van der Waals surface area contributed by atoms with Gasteiger partial charge in [0.25, 0.3) is 0 Å². The molecular formula is C18H38. The highest BCUT2D eigenvalue weighted by atomic mass is 14.3. The van der Waals surface area contributed by atoms with Gasteiger partial charge in [-0.25, -0.2) is 0 Å². The minimum absolute atomic E-state index is 0.879. The molecule has 0 N–H and O–H groups in total. The number of rotatable bonds is 10. The fourth-order valence-electron chi connectivity index (χ4n) is 3.60. The Morgan fingerprint density at radius 3 is 1.72 bits per heavy atom. The van der Waals surface area contributed by atoms with Crippen LogP contribution in [-0.2, 0) is 0 Å². The van der Waals surface area contributed by atoms with Gasteiger partial charge >= 0.3 is 0 Å². The van der Waals surface area contributed by atoms with Crippen molar-refractivity contribution < 1.29 is 0 Å². The second-order valence-electron chi connectivity index (χ2n) is 6.61. The standard InChI is InChI=1S/C18H38/c1-8-12-14(5)13-18(17(10-3)11-4)16(7)15(6)9-2/h14-18H,8-13H2,1-7H3. The van der Waals surface area contributed by atoms with Crippen LogP contribution in [-0.4, -0.2) is 0 Å². The lowest BCUT2D eigenvalue weighted by atomic mass is 9.70. The SMILES string of the molecule is CCCC(C)CC(C(CC)CC)C(C)C(C)CC. The van der Waals surface area contributed by atoms with Crippen molar-refractivity contribution in [2.45, 2.75) is 87.0 Å². The van der Waals surface area contributed by atoms with Gasteiger partial charge < -0.3 is 0 Å². The Morgan fingerprint density at radius 2 is 1.33 bits per heavy atom. The first-order valence-electron chi connectivity index (χ1n) is 8.51. The van der Waals surface area contributed by atoms with E-state index in [1.165, 1.54) is 38.5 Å². The molecule has 0 aromatic carbocycles. The van der Waals surface area contributed by atoms with E-state index in [0.29, 0.717) is 0 Å². The summed E-state index contributed by atoms with van der Waals surface area (Å²) in [4.78, 5) is 0. The van der Waals surface area contributed by atoms with Gasteiger partial charge in [-0.05, 0) is 36.0 Å². The van der Waals surface area contributed by atoms with E-state index >= 15 is 0 Å². The quantitative estimate of drug-likeness (QED) is 0.415. The van der Waals surface area contributed by atoms with E-state index in [-0.39, 0.29) is 0 Å². The molecule has 0 radical (unpaired) electrons. The highest BCUT2D eigenvalue weighted by Crippen LogP contribution is 2.37. The van der Waals surface area contributed by atoms with E-state index in [9.17, 15) is 0 Å². The Labute approximate surface area is 117 Å². The minimum Gasteiger partial charge on any atom is -0.0654 e. The molecule has 0 nitrogen and oxygen atoms in total. The van der Waals surface area contributed by atoms with Gasteiger partial charge in [0, 0.05) is 0 Å². The molecule has 4 atom stereocenters. The van der Waals surface area contributed by atoms with Crippen molar-refractivity contribution >= 4 is 0 Å². The molecule has 0 aliphatic carbocycles. The average molecular weight is 255 g/mol. The zero-order valence-electron chi connectivity index (χ0n) is 14.1. The van der Waals surface area contributed by atoms with E-state index in [4.69, 9.17) is 0 Å². The molecule has 0 aromatic heterocycles. The molecule has 0 spiro atoms. The molecule has 4 unspecified atom stereocenters. The van der Waals surface area contributed by atoms with Crippen LogP contribution < -0.4 is 0 Å². The topological polar surface area (TPSA) is 0 Å². The Balaban J connectivity index is 4.69. The predicted octanol–water partition coefficient (Wildman–Crippen LogP) is 6.55. The van der Waals surface area contributed by atoms with Crippen molar-refractivity contribution in [1.29, 1.82) is 0 Å². The third-order valence-electron chi connectivity index (χ3n) is 5.33. The number of hydrogen-bond donors (Lipinski definition) is 0. The van der Waals surface area contributed by atoms with Crippen LogP contribution in [0.5, 0.6) is 0 Å². The average Bonchev–Trinajstić information content (AvgIpc) is 2.37. The Hall–Kier alpha value is 0. The van der Waals surface area contributed by atoms with Gasteiger partial charge in [-0.2, -0.15) is 0 Å². The molecule has 0 bridgehead atoms. The molecule has 0 heteroatoms. The first-order chi connectivity index (χ1) is 8.51. The molecule has 0 rings (SSSR count). The van der Waals surface area contributed by atoms with Gasteiger partial charge in [-0.1, -0.05) is 80.6 Å². The maximum atomic E-state index is 2.51. The second-order valence-corrected chi connectivity index (χ2v) is 6.61. The summed E-state index contributed by atoms with van der Waals surface area (Å²) in [6.45, 7) is 16.9. The highest BCUT2D eigenvalue weighted by molar-refractivity contribution is 4.78. The van der Waals surface area contributed by atoms with Crippen LogP contribution in [0.4, 0.5) is 0 Å².